The van der Waals surface area contributed by atoms with Gasteiger partial charge in [-0.2, -0.15) is 0 Å². The van der Waals surface area contributed by atoms with Crippen LogP contribution < -0.4 is 10.1 Å². The van der Waals surface area contributed by atoms with Gasteiger partial charge in [0.1, 0.15) is 0 Å². The Hall–Kier alpha value is -1.46. The number of rotatable bonds is 6. The molecular weight excluding hydrogens is 335 g/mol. The fraction of sp³-hybridized carbons (Fsp3) is 0.312. The molecule has 3 nitrogen and oxygen atoms in total. The molecule has 0 amide bonds. The number of methoxy groups -OCH3 is 1. The number of hydrogen-bond acceptors (Lipinski definition) is 3. The van der Waals surface area contributed by atoms with Crippen molar-refractivity contribution < 1.29 is 9.13 Å². The molecule has 0 aliphatic heterocycles. The van der Waals surface area contributed by atoms with Gasteiger partial charge < -0.3 is 10.1 Å². The van der Waals surface area contributed by atoms with E-state index in [1.165, 1.54) is 13.2 Å². The quantitative estimate of drug-likeness (QED) is 0.856. The van der Waals surface area contributed by atoms with Crippen molar-refractivity contribution >= 4 is 15.9 Å². The van der Waals surface area contributed by atoms with E-state index in [0.717, 1.165) is 22.1 Å². The molecule has 5 heteroatoms. The van der Waals surface area contributed by atoms with Gasteiger partial charge in [0.05, 0.1) is 7.11 Å². The van der Waals surface area contributed by atoms with Gasteiger partial charge in [-0.15, -0.1) is 0 Å². The average Bonchev–Trinajstić information content (AvgIpc) is 2.47. The zero-order valence-corrected chi connectivity index (χ0v) is 13.7. The van der Waals surface area contributed by atoms with Crippen LogP contribution in [0.5, 0.6) is 5.75 Å². The van der Waals surface area contributed by atoms with E-state index in [0.29, 0.717) is 6.42 Å². The number of benzene rings is 1. The molecule has 1 aromatic carbocycles. The predicted octanol–water partition coefficient (Wildman–Crippen LogP) is 3.89. The Morgan fingerprint density at radius 1 is 1.33 bits per heavy atom. The molecule has 0 radical (unpaired) electrons. The molecule has 0 aliphatic carbocycles. The maximum Gasteiger partial charge on any atom is 0.165 e. The Bertz CT molecular complexity index is 607. The molecule has 1 N–H and O–H groups in total. The largest absolute Gasteiger partial charge is 0.494 e. The molecule has 2 aromatic rings. The van der Waals surface area contributed by atoms with Crippen molar-refractivity contribution in [3.63, 3.8) is 0 Å². The van der Waals surface area contributed by atoms with Crippen molar-refractivity contribution in [1.82, 2.24) is 10.3 Å². The molecule has 1 atom stereocenters. The van der Waals surface area contributed by atoms with Gasteiger partial charge >= 0.3 is 0 Å². The fourth-order valence-corrected chi connectivity index (χ4v) is 2.63. The van der Waals surface area contributed by atoms with Gasteiger partial charge in [0, 0.05) is 22.9 Å². The Morgan fingerprint density at radius 2 is 2.14 bits per heavy atom. The molecule has 2 rings (SSSR count). The average molecular weight is 353 g/mol. The summed E-state index contributed by atoms with van der Waals surface area (Å²) in [6.07, 6.45) is 4.27. The first kappa shape index (κ1) is 15.9. The van der Waals surface area contributed by atoms with Gasteiger partial charge in [0.15, 0.2) is 11.6 Å². The van der Waals surface area contributed by atoms with E-state index < -0.39 is 0 Å². The number of pyridine rings is 1. The lowest BCUT2D eigenvalue weighted by molar-refractivity contribution is 0.386. The summed E-state index contributed by atoms with van der Waals surface area (Å²) in [5.41, 5.74) is 1.99. The Morgan fingerprint density at radius 3 is 2.76 bits per heavy atom. The van der Waals surface area contributed by atoms with Crippen molar-refractivity contribution in [2.24, 2.45) is 0 Å². The van der Waals surface area contributed by atoms with Gasteiger partial charge in [-0.3, -0.25) is 4.98 Å². The Kier molecular flexibility index (Phi) is 5.70. The predicted molar refractivity (Wildman–Crippen MR) is 85.0 cm³/mol. The highest BCUT2D eigenvalue weighted by molar-refractivity contribution is 9.10. The zero-order valence-electron chi connectivity index (χ0n) is 12.1. The second kappa shape index (κ2) is 7.52. The van der Waals surface area contributed by atoms with E-state index in [1.54, 1.807) is 12.3 Å². The molecule has 0 bridgehead atoms. The van der Waals surface area contributed by atoms with Crippen molar-refractivity contribution in [2.45, 2.75) is 19.4 Å². The summed E-state index contributed by atoms with van der Waals surface area (Å²) < 4.78 is 19.7. The van der Waals surface area contributed by atoms with E-state index in [9.17, 15) is 4.39 Å². The second-order valence-electron chi connectivity index (χ2n) is 4.72. The SMILES string of the molecule is CCNC(Cc1ccc(OC)c(F)c1)c1cncc(Br)c1. The van der Waals surface area contributed by atoms with E-state index in [4.69, 9.17) is 4.74 Å². The molecule has 0 saturated carbocycles. The molecule has 1 unspecified atom stereocenters. The van der Waals surface area contributed by atoms with E-state index in [2.05, 4.69) is 26.2 Å². The highest BCUT2D eigenvalue weighted by Crippen LogP contribution is 2.24. The maximum absolute atomic E-state index is 13.8. The number of nitrogens with one attached hydrogen (secondary N) is 1. The third kappa shape index (κ3) is 4.25. The van der Waals surface area contributed by atoms with Crippen LogP contribution in [0, 0.1) is 5.82 Å². The summed E-state index contributed by atoms with van der Waals surface area (Å²) in [4.78, 5) is 4.19. The van der Waals surface area contributed by atoms with Crippen LogP contribution >= 0.6 is 15.9 Å². The number of ether oxygens (including phenoxy) is 1. The lowest BCUT2D eigenvalue weighted by Gasteiger charge is -2.18. The number of aromatic nitrogens is 1. The monoisotopic (exact) mass is 352 g/mol. The molecule has 0 aliphatic rings. The normalized spacial score (nSPS) is 12.2. The first-order chi connectivity index (χ1) is 10.1. The standard InChI is InChI=1S/C16H18BrFN2O/c1-3-20-15(12-8-13(17)10-19-9-12)7-11-4-5-16(21-2)14(18)6-11/h4-6,8-10,15,20H,3,7H2,1-2H3. The van der Waals surface area contributed by atoms with Gasteiger partial charge in [0.2, 0.25) is 0 Å². The molecule has 0 fully saturated rings. The third-order valence-corrected chi connectivity index (χ3v) is 3.67. The van der Waals surface area contributed by atoms with Crippen LogP contribution in [-0.2, 0) is 6.42 Å². The molecule has 0 saturated heterocycles. The highest BCUT2D eigenvalue weighted by Gasteiger charge is 2.13. The van der Waals surface area contributed by atoms with Crippen molar-refractivity contribution in [1.29, 1.82) is 0 Å². The van der Waals surface area contributed by atoms with Crippen molar-refractivity contribution in [3.8, 4) is 5.75 Å². The first-order valence-corrected chi connectivity index (χ1v) is 7.59. The van der Waals surface area contributed by atoms with Crippen LogP contribution in [0.1, 0.15) is 24.1 Å². The van der Waals surface area contributed by atoms with Crippen LogP contribution in [-0.4, -0.2) is 18.6 Å². The summed E-state index contributed by atoms with van der Waals surface area (Å²) in [6, 6.07) is 7.19. The Balaban J connectivity index is 2.22. The first-order valence-electron chi connectivity index (χ1n) is 6.80. The molecule has 1 heterocycles. The second-order valence-corrected chi connectivity index (χ2v) is 5.64. The fourth-order valence-electron chi connectivity index (χ4n) is 2.25. The minimum Gasteiger partial charge on any atom is -0.494 e. The minimum absolute atomic E-state index is 0.0906. The summed E-state index contributed by atoms with van der Waals surface area (Å²) in [6.45, 7) is 2.88. The van der Waals surface area contributed by atoms with Crippen LogP contribution in [0.25, 0.3) is 0 Å². The van der Waals surface area contributed by atoms with Crippen LogP contribution in [0.3, 0.4) is 0 Å². The van der Waals surface area contributed by atoms with Gasteiger partial charge in [0.25, 0.3) is 0 Å². The van der Waals surface area contributed by atoms with Crippen LogP contribution in [0.15, 0.2) is 41.1 Å². The molecule has 21 heavy (non-hydrogen) atoms. The number of hydrogen-bond donors (Lipinski definition) is 1. The smallest absolute Gasteiger partial charge is 0.165 e. The van der Waals surface area contributed by atoms with Gasteiger partial charge in [-0.1, -0.05) is 13.0 Å². The van der Waals surface area contributed by atoms with Crippen molar-refractivity contribution in [3.05, 3.63) is 58.1 Å². The number of likely N-dealkylation sites (N-methyl/N-ethyl adjacent to an activating group) is 1. The lowest BCUT2D eigenvalue weighted by atomic mass is 10.00. The van der Waals surface area contributed by atoms with Crippen molar-refractivity contribution in [2.75, 3.05) is 13.7 Å². The summed E-state index contributed by atoms with van der Waals surface area (Å²) in [5, 5.41) is 3.41. The topological polar surface area (TPSA) is 34.1 Å². The summed E-state index contributed by atoms with van der Waals surface area (Å²) in [5.74, 6) is -0.0690. The summed E-state index contributed by atoms with van der Waals surface area (Å²) in [7, 11) is 1.46. The van der Waals surface area contributed by atoms with Crippen LogP contribution in [0.2, 0.25) is 0 Å². The lowest BCUT2D eigenvalue weighted by Crippen LogP contribution is -2.23. The van der Waals surface area contributed by atoms with E-state index in [-0.39, 0.29) is 17.6 Å². The molecule has 0 spiro atoms. The van der Waals surface area contributed by atoms with Gasteiger partial charge in [-0.25, -0.2) is 4.39 Å². The number of halogens is 2. The third-order valence-electron chi connectivity index (χ3n) is 3.23. The molecular formula is C16H18BrFN2O. The van der Waals surface area contributed by atoms with Crippen LogP contribution in [0.4, 0.5) is 4.39 Å². The summed E-state index contributed by atoms with van der Waals surface area (Å²) >= 11 is 3.43. The van der Waals surface area contributed by atoms with Gasteiger partial charge in [-0.05, 0) is 58.2 Å². The minimum atomic E-state index is -0.336. The molecule has 1 aromatic heterocycles. The Labute approximate surface area is 132 Å². The zero-order chi connectivity index (χ0) is 15.2. The maximum atomic E-state index is 13.8. The molecule has 112 valence electrons. The highest BCUT2D eigenvalue weighted by atomic mass is 79.9. The number of nitrogens with zero attached hydrogens (tertiary/aromatic N) is 1. The van der Waals surface area contributed by atoms with E-state index >= 15 is 0 Å². The van der Waals surface area contributed by atoms with E-state index in [1.807, 2.05) is 25.3 Å².